The van der Waals surface area contributed by atoms with Gasteiger partial charge in [-0.1, -0.05) is 42.5 Å². The van der Waals surface area contributed by atoms with Crippen molar-refractivity contribution in [3.8, 4) is 5.75 Å². The number of methoxy groups -OCH3 is 2. The van der Waals surface area contributed by atoms with Crippen molar-refractivity contribution in [1.82, 2.24) is 4.90 Å². The summed E-state index contributed by atoms with van der Waals surface area (Å²) >= 11 is 0. The molecule has 0 saturated heterocycles. The molecule has 3 aromatic rings. The van der Waals surface area contributed by atoms with Crippen molar-refractivity contribution in [1.29, 1.82) is 0 Å². The molecule has 6 nitrogen and oxygen atoms in total. The molecule has 0 spiro atoms. The molecule has 1 aliphatic heterocycles. The van der Waals surface area contributed by atoms with Gasteiger partial charge in [-0.3, -0.25) is 9.59 Å². The summed E-state index contributed by atoms with van der Waals surface area (Å²) in [5, 5.41) is 2.97. The molecule has 2 atom stereocenters. The predicted octanol–water partition coefficient (Wildman–Crippen LogP) is 4.40. The second kappa shape index (κ2) is 9.83. The number of carbonyl (C=O) groups excluding carboxylic acids is 2. The summed E-state index contributed by atoms with van der Waals surface area (Å²) in [4.78, 5) is 28.8. The van der Waals surface area contributed by atoms with E-state index in [1.165, 1.54) is 19.2 Å². The van der Waals surface area contributed by atoms with Crippen LogP contribution in [0.3, 0.4) is 0 Å². The number of rotatable bonds is 7. The predicted molar refractivity (Wildman–Crippen MR) is 123 cm³/mol. The average Bonchev–Trinajstić information content (AvgIpc) is 2.84. The zero-order chi connectivity index (χ0) is 23.4. The Bertz CT molecular complexity index is 1150. The number of para-hydroxylation sites is 2. The lowest BCUT2D eigenvalue weighted by Crippen LogP contribution is -2.47. The van der Waals surface area contributed by atoms with Gasteiger partial charge in [-0.05, 0) is 41.5 Å². The molecule has 33 heavy (non-hydrogen) atoms. The molecule has 0 fully saturated rings. The van der Waals surface area contributed by atoms with Crippen molar-refractivity contribution in [3.05, 3.63) is 95.3 Å². The van der Waals surface area contributed by atoms with E-state index < -0.39 is 12.0 Å². The summed E-state index contributed by atoms with van der Waals surface area (Å²) in [6, 6.07) is 19.5. The van der Waals surface area contributed by atoms with Crippen molar-refractivity contribution in [2.75, 3.05) is 32.7 Å². The summed E-state index contributed by atoms with van der Waals surface area (Å²) in [6.07, 6.45) is 0. The molecule has 1 N–H and O–H groups in total. The van der Waals surface area contributed by atoms with Crippen LogP contribution in [0.2, 0.25) is 0 Å². The molecule has 3 aromatic carbocycles. The van der Waals surface area contributed by atoms with Crippen LogP contribution in [-0.4, -0.2) is 44.1 Å². The Hall–Kier alpha value is -3.71. The highest BCUT2D eigenvalue weighted by atomic mass is 19.1. The van der Waals surface area contributed by atoms with Crippen LogP contribution in [0.5, 0.6) is 5.75 Å². The van der Waals surface area contributed by atoms with Crippen LogP contribution in [0.4, 0.5) is 10.1 Å². The van der Waals surface area contributed by atoms with Crippen LogP contribution in [0.1, 0.15) is 33.4 Å². The van der Waals surface area contributed by atoms with Gasteiger partial charge < -0.3 is 19.7 Å². The fourth-order valence-electron chi connectivity index (χ4n) is 4.30. The number of nitrogens with one attached hydrogen (secondary N) is 1. The Labute approximate surface area is 191 Å². The van der Waals surface area contributed by atoms with E-state index in [4.69, 9.17) is 9.47 Å². The van der Waals surface area contributed by atoms with Crippen molar-refractivity contribution in [3.63, 3.8) is 0 Å². The van der Waals surface area contributed by atoms with Gasteiger partial charge in [0, 0.05) is 19.2 Å². The maximum absolute atomic E-state index is 13.8. The number of amides is 2. The molecular formula is C26H25FN2O4. The van der Waals surface area contributed by atoms with E-state index in [1.807, 2.05) is 12.1 Å². The lowest BCUT2D eigenvalue weighted by atomic mass is 9.79. The standard InChI is InChI=1S/C26H25FN2O4/c1-32-16-15-29-24(17-11-13-18(27)14-12-17)23(19-7-3-4-8-20(19)26(29)31)25(30)28-21-9-5-6-10-22(21)33-2/h3-14,23-24H,15-16H2,1-2H3,(H,28,30). The maximum Gasteiger partial charge on any atom is 0.254 e. The summed E-state index contributed by atoms with van der Waals surface area (Å²) < 4.78 is 24.3. The van der Waals surface area contributed by atoms with Crippen LogP contribution in [0.15, 0.2) is 72.8 Å². The Morgan fingerprint density at radius 1 is 1.00 bits per heavy atom. The molecule has 7 heteroatoms. The number of anilines is 1. The average molecular weight is 448 g/mol. The second-order valence-electron chi connectivity index (χ2n) is 7.74. The number of nitrogens with zero attached hydrogens (tertiary/aromatic N) is 1. The number of carbonyl (C=O) groups is 2. The van der Waals surface area contributed by atoms with E-state index in [1.54, 1.807) is 60.5 Å². The summed E-state index contributed by atoms with van der Waals surface area (Å²) in [7, 11) is 3.09. The molecule has 4 rings (SSSR count). The summed E-state index contributed by atoms with van der Waals surface area (Å²) in [6.45, 7) is 0.580. The highest BCUT2D eigenvalue weighted by Gasteiger charge is 2.44. The van der Waals surface area contributed by atoms with Gasteiger partial charge in [0.25, 0.3) is 5.91 Å². The SMILES string of the molecule is COCCN1C(=O)c2ccccc2C(C(=O)Nc2ccccc2OC)C1c1ccc(F)cc1. The topological polar surface area (TPSA) is 67.9 Å². The quantitative estimate of drug-likeness (QED) is 0.582. The minimum absolute atomic E-state index is 0.196. The number of halogens is 1. The largest absolute Gasteiger partial charge is 0.495 e. The molecule has 0 radical (unpaired) electrons. The number of hydrogen-bond acceptors (Lipinski definition) is 4. The lowest BCUT2D eigenvalue weighted by molar-refractivity contribution is -0.119. The van der Waals surface area contributed by atoms with Gasteiger partial charge in [0.05, 0.1) is 31.4 Å². The maximum atomic E-state index is 13.8. The zero-order valence-corrected chi connectivity index (χ0v) is 18.5. The van der Waals surface area contributed by atoms with Gasteiger partial charge in [0.15, 0.2) is 0 Å². The van der Waals surface area contributed by atoms with Gasteiger partial charge >= 0.3 is 0 Å². The zero-order valence-electron chi connectivity index (χ0n) is 18.5. The number of hydrogen-bond donors (Lipinski definition) is 1. The van der Waals surface area contributed by atoms with E-state index >= 15 is 0 Å². The third kappa shape index (κ3) is 4.45. The number of benzene rings is 3. The van der Waals surface area contributed by atoms with Crippen LogP contribution in [0, 0.1) is 5.82 Å². The Kier molecular flexibility index (Phi) is 6.70. The van der Waals surface area contributed by atoms with Gasteiger partial charge in [0.2, 0.25) is 5.91 Å². The fraction of sp³-hybridized carbons (Fsp3) is 0.231. The second-order valence-corrected chi connectivity index (χ2v) is 7.74. The third-order valence-corrected chi connectivity index (χ3v) is 5.83. The fourth-order valence-corrected chi connectivity index (χ4v) is 4.30. The van der Waals surface area contributed by atoms with Crippen molar-refractivity contribution in [2.24, 2.45) is 0 Å². The summed E-state index contributed by atoms with van der Waals surface area (Å²) in [5.41, 5.74) is 2.28. The Morgan fingerprint density at radius 2 is 1.70 bits per heavy atom. The van der Waals surface area contributed by atoms with Crippen LogP contribution < -0.4 is 10.1 Å². The molecular weight excluding hydrogens is 423 g/mol. The van der Waals surface area contributed by atoms with E-state index in [2.05, 4.69) is 5.32 Å². The van der Waals surface area contributed by atoms with E-state index in [0.29, 0.717) is 34.7 Å². The first kappa shape index (κ1) is 22.5. The third-order valence-electron chi connectivity index (χ3n) is 5.83. The van der Waals surface area contributed by atoms with Gasteiger partial charge in [0.1, 0.15) is 11.6 Å². The first-order chi connectivity index (χ1) is 16.0. The smallest absolute Gasteiger partial charge is 0.254 e. The van der Waals surface area contributed by atoms with E-state index in [9.17, 15) is 14.0 Å². The monoisotopic (exact) mass is 448 g/mol. The van der Waals surface area contributed by atoms with E-state index in [0.717, 1.165) is 0 Å². The number of fused-ring (bicyclic) bond motifs is 1. The minimum Gasteiger partial charge on any atom is -0.495 e. The molecule has 0 saturated carbocycles. The van der Waals surface area contributed by atoms with Gasteiger partial charge in [-0.2, -0.15) is 0 Å². The Balaban J connectivity index is 1.83. The molecule has 0 bridgehead atoms. The summed E-state index contributed by atoms with van der Waals surface area (Å²) in [5.74, 6) is -1.08. The number of ether oxygens (including phenoxy) is 2. The van der Waals surface area contributed by atoms with Crippen molar-refractivity contribution in [2.45, 2.75) is 12.0 Å². The van der Waals surface area contributed by atoms with Crippen molar-refractivity contribution < 1.29 is 23.5 Å². The normalized spacial score (nSPS) is 17.4. The molecule has 0 aromatic heterocycles. The van der Waals surface area contributed by atoms with Crippen LogP contribution in [-0.2, 0) is 9.53 Å². The van der Waals surface area contributed by atoms with E-state index in [-0.39, 0.29) is 24.2 Å². The lowest BCUT2D eigenvalue weighted by Gasteiger charge is -2.41. The van der Waals surface area contributed by atoms with Gasteiger partial charge in [-0.15, -0.1) is 0 Å². The highest BCUT2D eigenvalue weighted by molar-refractivity contribution is 6.04. The van der Waals surface area contributed by atoms with Crippen molar-refractivity contribution >= 4 is 17.5 Å². The van der Waals surface area contributed by atoms with Crippen LogP contribution >= 0.6 is 0 Å². The first-order valence-corrected chi connectivity index (χ1v) is 10.6. The molecule has 170 valence electrons. The first-order valence-electron chi connectivity index (χ1n) is 10.6. The molecule has 1 aliphatic rings. The minimum atomic E-state index is -0.730. The molecule has 2 unspecified atom stereocenters. The molecule has 0 aliphatic carbocycles. The Morgan fingerprint density at radius 3 is 2.42 bits per heavy atom. The highest BCUT2D eigenvalue weighted by Crippen LogP contribution is 2.43. The van der Waals surface area contributed by atoms with Crippen LogP contribution in [0.25, 0.3) is 0 Å². The van der Waals surface area contributed by atoms with Gasteiger partial charge in [-0.25, -0.2) is 4.39 Å². The molecule has 1 heterocycles. The molecule has 2 amide bonds.